The average Bonchev–Trinajstić information content (AvgIpc) is 2.15. The van der Waals surface area contributed by atoms with Gasteiger partial charge in [-0.15, -0.1) is 0 Å². The maximum absolute atomic E-state index is 12.5. The molecule has 2 nitrogen and oxygen atoms in total. The summed E-state index contributed by atoms with van der Waals surface area (Å²) in [6.07, 6.45) is -4.48. The molecule has 1 rings (SSSR count). The molecule has 0 atom stereocenters. The van der Waals surface area contributed by atoms with Gasteiger partial charge < -0.3 is 0 Å². The molecule has 0 fully saturated rings. The molecule has 1 aromatic carbocycles. The quantitative estimate of drug-likeness (QED) is 0.578. The van der Waals surface area contributed by atoms with Gasteiger partial charge in [-0.2, -0.15) is 13.2 Å². The summed E-state index contributed by atoms with van der Waals surface area (Å²) in [4.78, 5) is 21.6. The summed E-state index contributed by atoms with van der Waals surface area (Å²) in [5, 5.41) is 0. The largest absolute Gasteiger partial charge is 0.417 e. The molecule has 1 aromatic rings. The number of carbonyl (C=O) groups is 2. The number of alkyl halides is 3. The summed E-state index contributed by atoms with van der Waals surface area (Å²) in [5.74, 6) is -0.366. The molecule has 0 saturated heterocycles. The van der Waals surface area contributed by atoms with Crippen molar-refractivity contribution in [3.8, 4) is 0 Å². The summed E-state index contributed by atoms with van der Waals surface area (Å²) >= 11 is 0. The summed E-state index contributed by atoms with van der Waals surface area (Å²) in [6.45, 7) is 2.64. The standard InChI is InChI=1S/C11H9F3O2/c1-6-3-10(11(12,13)14)8(5-15)4-9(6)7(2)16/h3-5H,1-2H3. The molecule has 0 aliphatic heterocycles. The normalized spacial score (nSPS) is 11.3. The SMILES string of the molecule is CC(=O)c1cc(C=O)c(C(F)(F)F)cc1C. The molecule has 0 unspecified atom stereocenters. The van der Waals surface area contributed by atoms with Gasteiger partial charge in [-0.3, -0.25) is 9.59 Å². The molecular formula is C11H9F3O2. The van der Waals surface area contributed by atoms with Crippen LogP contribution in [0.1, 0.15) is 38.8 Å². The van der Waals surface area contributed by atoms with Crippen LogP contribution in [0.5, 0.6) is 0 Å². The van der Waals surface area contributed by atoms with Crippen LogP contribution < -0.4 is 0 Å². The van der Waals surface area contributed by atoms with E-state index in [1.165, 1.54) is 13.8 Å². The van der Waals surface area contributed by atoms with Crippen molar-refractivity contribution in [2.24, 2.45) is 0 Å². The Bertz CT molecular complexity index is 447. The van der Waals surface area contributed by atoms with Crippen LogP contribution in [0.4, 0.5) is 13.2 Å². The van der Waals surface area contributed by atoms with Crippen molar-refractivity contribution in [1.29, 1.82) is 0 Å². The summed E-state index contributed by atoms with van der Waals surface area (Å²) in [5.41, 5.74) is -1.17. The fourth-order valence-corrected chi connectivity index (χ4v) is 1.45. The minimum Gasteiger partial charge on any atom is -0.298 e. The molecule has 0 aromatic heterocycles. The summed E-state index contributed by atoms with van der Waals surface area (Å²) < 4.78 is 37.5. The van der Waals surface area contributed by atoms with Crippen molar-refractivity contribution in [2.75, 3.05) is 0 Å². The zero-order valence-electron chi connectivity index (χ0n) is 8.68. The van der Waals surface area contributed by atoms with Crippen molar-refractivity contribution in [1.82, 2.24) is 0 Å². The molecule has 0 radical (unpaired) electrons. The van der Waals surface area contributed by atoms with Crippen LogP contribution in [0.15, 0.2) is 12.1 Å². The Hall–Kier alpha value is -1.65. The van der Waals surface area contributed by atoms with Crippen LogP contribution in [-0.2, 0) is 6.18 Å². The topological polar surface area (TPSA) is 34.1 Å². The van der Waals surface area contributed by atoms with Gasteiger partial charge in [-0.25, -0.2) is 0 Å². The molecule has 0 spiro atoms. The van der Waals surface area contributed by atoms with Gasteiger partial charge in [-0.05, 0) is 31.5 Å². The van der Waals surface area contributed by atoms with Crippen LogP contribution in [0.3, 0.4) is 0 Å². The van der Waals surface area contributed by atoms with Gasteiger partial charge in [0, 0.05) is 11.1 Å². The monoisotopic (exact) mass is 230 g/mol. The predicted octanol–water partition coefficient (Wildman–Crippen LogP) is 3.03. The molecular weight excluding hydrogens is 221 g/mol. The number of ketones is 1. The van der Waals surface area contributed by atoms with Gasteiger partial charge in [0.25, 0.3) is 0 Å². The highest BCUT2D eigenvalue weighted by molar-refractivity contribution is 5.97. The average molecular weight is 230 g/mol. The number of carbonyl (C=O) groups excluding carboxylic acids is 2. The third-order valence-electron chi connectivity index (χ3n) is 2.21. The number of hydrogen-bond donors (Lipinski definition) is 0. The van der Waals surface area contributed by atoms with E-state index in [1.54, 1.807) is 0 Å². The van der Waals surface area contributed by atoms with Crippen molar-refractivity contribution < 1.29 is 22.8 Å². The van der Waals surface area contributed by atoms with E-state index < -0.39 is 17.3 Å². The second-order valence-electron chi connectivity index (χ2n) is 3.43. The van der Waals surface area contributed by atoms with Crippen LogP contribution >= 0.6 is 0 Å². The van der Waals surface area contributed by atoms with Crippen LogP contribution in [-0.4, -0.2) is 12.1 Å². The lowest BCUT2D eigenvalue weighted by Crippen LogP contribution is -2.11. The smallest absolute Gasteiger partial charge is 0.298 e. The zero-order chi connectivity index (χ0) is 12.5. The van der Waals surface area contributed by atoms with Crippen LogP contribution in [0.2, 0.25) is 0 Å². The molecule has 5 heteroatoms. The van der Waals surface area contributed by atoms with E-state index in [2.05, 4.69) is 0 Å². The molecule has 0 bridgehead atoms. The third kappa shape index (κ3) is 2.29. The first-order chi connectivity index (χ1) is 7.27. The van der Waals surface area contributed by atoms with Gasteiger partial charge in [0.1, 0.15) is 0 Å². The van der Waals surface area contributed by atoms with E-state index in [0.717, 1.165) is 12.1 Å². The maximum Gasteiger partial charge on any atom is 0.417 e. The number of hydrogen-bond acceptors (Lipinski definition) is 2. The first kappa shape index (κ1) is 12.4. The zero-order valence-corrected chi connectivity index (χ0v) is 8.68. The Morgan fingerprint density at radius 3 is 2.25 bits per heavy atom. The number of aryl methyl sites for hydroxylation is 1. The Labute approximate surface area is 90.1 Å². The van der Waals surface area contributed by atoms with E-state index >= 15 is 0 Å². The van der Waals surface area contributed by atoms with Gasteiger partial charge >= 0.3 is 6.18 Å². The molecule has 16 heavy (non-hydrogen) atoms. The first-order valence-electron chi connectivity index (χ1n) is 4.45. The minimum absolute atomic E-state index is 0.106. The molecule has 0 N–H and O–H groups in total. The Balaban J connectivity index is 3.50. The van der Waals surface area contributed by atoms with E-state index in [0.29, 0.717) is 0 Å². The van der Waals surface area contributed by atoms with Gasteiger partial charge in [-0.1, -0.05) is 0 Å². The fraction of sp³-hybridized carbons (Fsp3) is 0.273. The highest BCUT2D eigenvalue weighted by atomic mass is 19.4. The molecule has 0 aliphatic carbocycles. The van der Waals surface area contributed by atoms with Crippen molar-refractivity contribution in [3.05, 3.63) is 34.4 Å². The van der Waals surface area contributed by atoms with Gasteiger partial charge in [0.05, 0.1) is 5.56 Å². The van der Waals surface area contributed by atoms with E-state index in [9.17, 15) is 22.8 Å². The number of aldehydes is 1. The van der Waals surface area contributed by atoms with Crippen LogP contribution in [0.25, 0.3) is 0 Å². The molecule has 86 valence electrons. The second-order valence-corrected chi connectivity index (χ2v) is 3.43. The van der Waals surface area contributed by atoms with Crippen LogP contribution in [0, 0.1) is 6.92 Å². The predicted molar refractivity (Wildman–Crippen MR) is 51.6 cm³/mol. The maximum atomic E-state index is 12.5. The minimum atomic E-state index is -4.59. The van der Waals surface area contributed by atoms with E-state index in [4.69, 9.17) is 0 Å². The van der Waals surface area contributed by atoms with E-state index in [1.807, 2.05) is 0 Å². The lowest BCUT2D eigenvalue weighted by molar-refractivity contribution is -0.137. The van der Waals surface area contributed by atoms with E-state index in [-0.39, 0.29) is 23.2 Å². The van der Waals surface area contributed by atoms with Crippen molar-refractivity contribution >= 4 is 12.1 Å². The molecule has 0 heterocycles. The van der Waals surface area contributed by atoms with Gasteiger partial charge in [0.15, 0.2) is 12.1 Å². The number of rotatable bonds is 2. The lowest BCUT2D eigenvalue weighted by Gasteiger charge is -2.12. The highest BCUT2D eigenvalue weighted by Crippen LogP contribution is 2.33. The van der Waals surface area contributed by atoms with Crippen molar-refractivity contribution in [3.63, 3.8) is 0 Å². The fourth-order valence-electron chi connectivity index (χ4n) is 1.45. The Kier molecular flexibility index (Phi) is 3.16. The lowest BCUT2D eigenvalue weighted by atomic mass is 9.97. The Morgan fingerprint density at radius 2 is 1.88 bits per heavy atom. The molecule has 0 aliphatic rings. The molecule has 0 saturated carbocycles. The second kappa shape index (κ2) is 4.08. The van der Waals surface area contributed by atoms with Crippen molar-refractivity contribution in [2.45, 2.75) is 20.0 Å². The highest BCUT2D eigenvalue weighted by Gasteiger charge is 2.34. The van der Waals surface area contributed by atoms with Gasteiger partial charge in [0.2, 0.25) is 0 Å². The Morgan fingerprint density at radius 1 is 1.31 bits per heavy atom. The number of Topliss-reactive ketones (excluding diaryl/α,β-unsaturated/α-hetero) is 1. The number of benzene rings is 1. The first-order valence-corrected chi connectivity index (χ1v) is 4.45. The number of halogens is 3. The summed E-state index contributed by atoms with van der Waals surface area (Å²) in [6, 6.07) is 1.80. The molecule has 0 amide bonds. The summed E-state index contributed by atoms with van der Waals surface area (Å²) in [7, 11) is 0. The third-order valence-corrected chi connectivity index (χ3v) is 2.21.